The highest BCUT2D eigenvalue weighted by Gasteiger charge is 2.26. The molecule has 92 valence electrons. The standard InChI is InChI=1S/C11H19ClN2O2/c1-13-8-11(16)14(9-10(13)15)7-5-3-2-4-6-12/h2-9H2,1H3. The van der Waals surface area contributed by atoms with Gasteiger partial charge in [0.1, 0.15) is 0 Å². The van der Waals surface area contributed by atoms with Crippen molar-refractivity contribution in [3.8, 4) is 0 Å². The number of nitrogens with zero attached hydrogens (tertiary/aromatic N) is 2. The minimum atomic E-state index is 0.0281. The first kappa shape index (κ1) is 13.3. The summed E-state index contributed by atoms with van der Waals surface area (Å²) in [4.78, 5) is 26.1. The van der Waals surface area contributed by atoms with Crippen LogP contribution in [0.2, 0.25) is 0 Å². The summed E-state index contributed by atoms with van der Waals surface area (Å²) >= 11 is 5.57. The maximum absolute atomic E-state index is 11.6. The van der Waals surface area contributed by atoms with Gasteiger partial charge in [-0.2, -0.15) is 0 Å². The monoisotopic (exact) mass is 246 g/mol. The van der Waals surface area contributed by atoms with Crippen LogP contribution in [0.5, 0.6) is 0 Å². The molecule has 0 atom stereocenters. The SMILES string of the molecule is CN1CC(=O)N(CCCCCCCl)CC1=O. The van der Waals surface area contributed by atoms with Crippen LogP contribution in [0.25, 0.3) is 0 Å². The van der Waals surface area contributed by atoms with Crippen LogP contribution in [0.1, 0.15) is 25.7 Å². The maximum Gasteiger partial charge on any atom is 0.242 e. The Morgan fingerprint density at radius 3 is 2.44 bits per heavy atom. The molecule has 0 aromatic heterocycles. The lowest BCUT2D eigenvalue weighted by atomic mass is 10.2. The molecule has 1 saturated heterocycles. The molecule has 5 heteroatoms. The van der Waals surface area contributed by atoms with E-state index < -0.39 is 0 Å². The number of hydrogen-bond donors (Lipinski definition) is 0. The summed E-state index contributed by atoms with van der Waals surface area (Å²) < 4.78 is 0. The highest BCUT2D eigenvalue weighted by atomic mass is 35.5. The molecule has 0 aliphatic carbocycles. The van der Waals surface area contributed by atoms with Crippen LogP contribution in [-0.4, -0.2) is 54.2 Å². The molecular weight excluding hydrogens is 228 g/mol. The van der Waals surface area contributed by atoms with E-state index in [-0.39, 0.29) is 24.9 Å². The van der Waals surface area contributed by atoms with Crippen LogP contribution >= 0.6 is 11.6 Å². The molecule has 0 bridgehead atoms. The molecule has 0 saturated carbocycles. The molecule has 1 rings (SSSR count). The summed E-state index contributed by atoms with van der Waals surface area (Å²) in [6.07, 6.45) is 4.15. The van der Waals surface area contributed by atoms with Gasteiger partial charge >= 0.3 is 0 Å². The van der Waals surface area contributed by atoms with E-state index in [9.17, 15) is 9.59 Å². The Kier molecular flexibility index (Phi) is 5.60. The molecule has 1 heterocycles. The Bertz CT molecular complexity index is 258. The molecule has 1 fully saturated rings. The van der Waals surface area contributed by atoms with Crippen LogP contribution in [0.3, 0.4) is 0 Å². The van der Waals surface area contributed by atoms with Gasteiger partial charge in [0.2, 0.25) is 11.8 Å². The average Bonchev–Trinajstić information content (AvgIpc) is 2.25. The van der Waals surface area contributed by atoms with Crippen molar-refractivity contribution in [2.75, 3.05) is 32.6 Å². The van der Waals surface area contributed by atoms with E-state index in [1.807, 2.05) is 0 Å². The fraction of sp³-hybridized carbons (Fsp3) is 0.818. The molecule has 0 N–H and O–H groups in total. The Morgan fingerprint density at radius 2 is 1.75 bits per heavy atom. The van der Waals surface area contributed by atoms with Crippen molar-refractivity contribution in [2.24, 2.45) is 0 Å². The van der Waals surface area contributed by atoms with Gasteiger partial charge in [0.25, 0.3) is 0 Å². The Hall–Kier alpha value is -0.770. The summed E-state index contributed by atoms with van der Waals surface area (Å²) in [6, 6.07) is 0. The average molecular weight is 247 g/mol. The van der Waals surface area contributed by atoms with Gasteiger partial charge in [0, 0.05) is 19.5 Å². The van der Waals surface area contributed by atoms with Gasteiger partial charge in [-0.25, -0.2) is 0 Å². The Morgan fingerprint density at radius 1 is 1.06 bits per heavy atom. The van der Waals surface area contributed by atoms with Crippen LogP contribution in [0, 0.1) is 0 Å². The number of halogens is 1. The number of carbonyl (C=O) groups excluding carboxylic acids is 2. The van der Waals surface area contributed by atoms with Gasteiger partial charge in [0.15, 0.2) is 0 Å². The molecule has 0 aromatic rings. The molecule has 2 amide bonds. The summed E-state index contributed by atoms with van der Waals surface area (Å²) in [5.41, 5.74) is 0. The zero-order chi connectivity index (χ0) is 12.0. The zero-order valence-electron chi connectivity index (χ0n) is 9.75. The first-order valence-electron chi connectivity index (χ1n) is 5.73. The van der Waals surface area contributed by atoms with Crippen LogP contribution in [0.15, 0.2) is 0 Å². The second kappa shape index (κ2) is 6.74. The number of alkyl halides is 1. The van der Waals surface area contributed by atoms with Crippen LogP contribution in [0.4, 0.5) is 0 Å². The predicted octanol–water partition coefficient (Wildman–Crippen LogP) is 1.09. The van der Waals surface area contributed by atoms with E-state index in [0.29, 0.717) is 12.4 Å². The van der Waals surface area contributed by atoms with E-state index in [0.717, 1.165) is 25.7 Å². The normalized spacial score (nSPS) is 17.1. The largest absolute Gasteiger partial charge is 0.335 e. The van der Waals surface area contributed by atoms with Gasteiger partial charge in [-0.15, -0.1) is 11.6 Å². The number of amides is 2. The number of unbranched alkanes of at least 4 members (excludes halogenated alkanes) is 3. The number of likely N-dealkylation sites (N-methyl/N-ethyl adjacent to an activating group) is 1. The lowest BCUT2D eigenvalue weighted by Gasteiger charge is -2.31. The predicted molar refractivity (Wildman–Crippen MR) is 63.4 cm³/mol. The number of piperazine rings is 1. The Labute approximate surface area is 102 Å². The van der Waals surface area contributed by atoms with E-state index in [2.05, 4.69) is 0 Å². The maximum atomic E-state index is 11.6. The third-order valence-corrected chi connectivity index (χ3v) is 3.06. The third kappa shape index (κ3) is 4.00. The highest BCUT2D eigenvalue weighted by Crippen LogP contribution is 2.07. The van der Waals surface area contributed by atoms with E-state index in [1.165, 1.54) is 4.90 Å². The molecule has 0 aromatic carbocycles. The van der Waals surface area contributed by atoms with Gasteiger partial charge in [-0.3, -0.25) is 9.59 Å². The van der Waals surface area contributed by atoms with Crippen molar-refractivity contribution in [1.82, 2.24) is 9.80 Å². The quantitative estimate of drug-likeness (QED) is 0.520. The molecule has 0 spiro atoms. The molecular formula is C11H19ClN2O2. The van der Waals surface area contributed by atoms with Crippen molar-refractivity contribution in [3.05, 3.63) is 0 Å². The number of hydrogen-bond acceptors (Lipinski definition) is 2. The van der Waals surface area contributed by atoms with Crippen molar-refractivity contribution >= 4 is 23.4 Å². The van der Waals surface area contributed by atoms with Gasteiger partial charge in [0.05, 0.1) is 13.1 Å². The minimum absolute atomic E-state index is 0.0281. The summed E-state index contributed by atoms with van der Waals surface area (Å²) in [7, 11) is 1.66. The van der Waals surface area contributed by atoms with Gasteiger partial charge < -0.3 is 9.80 Å². The highest BCUT2D eigenvalue weighted by molar-refractivity contribution is 6.17. The summed E-state index contributed by atoms with van der Waals surface area (Å²) in [6.45, 7) is 1.16. The number of rotatable bonds is 6. The van der Waals surface area contributed by atoms with Gasteiger partial charge in [-0.05, 0) is 12.8 Å². The summed E-state index contributed by atoms with van der Waals surface area (Å²) in [5, 5.41) is 0. The van der Waals surface area contributed by atoms with Crippen molar-refractivity contribution in [2.45, 2.75) is 25.7 Å². The third-order valence-electron chi connectivity index (χ3n) is 2.79. The van der Waals surface area contributed by atoms with Crippen molar-refractivity contribution < 1.29 is 9.59 Å². The number of carbonyl (C=O) groups is 2. The second-order valence-corrected chi connectivity index (χ2v) is 4.55. The first-order valence-corrected chi connectivity index (χ1v) is 6.26. The lowest BCUT2D eigenvalue weighted by Crippen LogP contribution is -2.52. The van der Waals surface area contributed by atoms with Crippen LogP contribution < -0.4 is 0 Å². The van der Waals surface area contributed by atoms with E-state index >= 15 is 0 Å². The fourth-order valence-corrected chi connectivity index (χ4v) is 1.91. The molecule has 0 unspecified atom stereocenters. The molecule has 4 nitrogen and oxygen atoms in total. The van der Waals surface area contributed by atoms with E-state index in [1.54, 1.807) is 11.9 Å². The van der Waals surface area contributed by atoms with E-state index in [4.69, 9.17) is 11.6 Å². The summed E-state index contributed by atoms with van der Waals surface area (Å²) in [5.74, 6) is 0.783. The van der Waals surface area contributed by atoms with Crippen molar-refractivity contribution in [1.29, 1.82) is 0 Å². The lowest BCUT2D eigenvalue weighted by molar-refractivity contribution is -0.148. The minimum Gasteiger partial charge on any atom is -0.335 e. The molecule has 1 aliphatic rings. The zero-order valence-corrected chi connectivity index (χ0v) is 10.5. The Balaban J connectivity index is 2.21. The second-order valence-electron chi connectivity index (χ2n) is 4.17. The molecule has 0 radical (unpaired) electrons. The first-order chi connectivity index (χ1) is 7.65. The van der Waals surface area contributed by atoms with Crippen LogP contribution in [-0.2, 0) is 9.59 Å². The van der Waals surface area contributed by atoms with Crippen molar-refractivity contribution in [3.63, 3.8) is 0 Å². The smallest absolute Gasteiger partial charge is 0.242 e. The molecule has 16 heavy (non-hydrogen) atoms. The van der Waals surface area contributed by atoms with Gasteiger partial charge in [-0.1, -0.05) is 12.8 Å². The topological polar surface area (TPSA) is 40.6 Å². The molecule has 1 aliphatic heterocycles. The fourth-order valence-electron chi connectivity index (χ4n) is 1.72.